The molecule has 1 aromatic rings. The first-order valence-corrected chi connectivity index (χ1v) is 8.22. The van der Waals surface area contributed by atoms with Crippen molar-refractivity contribution < 1.29 is 4.84 Å². The number of aryl methyl sites for hydroxylation is 1. The minimum absolute atomic E-state index is 0.0555. The Kier molecular flexibility index (Phi) is 3.46. The van der Waals surface area contributed by atoms with Gasteiger partial charge in [-0.3, -0.25) is 4.84 Å². The van der Waals surface area contributed by atoms with Gasteiger partial charge in [-0.25, -0.2) is 0 Å². The number of benzene rings is 1. The molecule has 4 atom stereocenters. The van der Waals surface area contributed by atoms with Crippen LogP contribution >= 0.6 is 0 Å². The van der Waals surface area contributed by atoms with Crippen molar-refractivity contribution in [3.63, 3.8) is 0 Å². The Labute approximate surface area is 129 Å². The molecule has 21 heavy (non-hydrogen) atoms. The van der Waals surface area contributed by atoms with Gasteiger partial charge in [0.05, 0.1) is 5.60 Å². The molecule has 116 valence electrons. The molecule has 1 saturated carbocycles. The monoisotopic (exact) mass is 287 g/mol. The average molecular weight is 287 g/mol. The van der Waals surface area contributed by atoms with Crippen LogP contribution in [0.15, 0.2) is 24.3 Å². The SMILES string of the molecule is Cc1ccc(C2(C)CC(C)C3C(C2)C(C)(C)ON3C)cc1. The van der Waals surface area contributed by atoms with E-state index < -0.39 is 0 Å². The maximum Gasteiger partial charge on any atom is 0.0887 e. The maximum atomic E-state index is 6.15. The molecule has 1 saturated heterocycles. The third-order valence-corrected chi connectivity index (χ3v) is 5.88. The van der Waals surface area contributed by atoms with E-state index in [1.165, 1.54) is 24.0 Å². The van der Waals surface area contributed by atoms with Gasteiger partial charge in [-0.15, -0.1) is 0 Å². The van der Waals surface area contributed by atoms with Crippen LogP contribution in [0.3, 0.4) is 0 Å². The Hall–Kier alpha value is -0.860. The van der Waals surface area contributed by atoms with Crippen molar-refractivity contribution >= 4 is 0 Å². The van der Waals surface area contributed by atoms with Crippen molar-refractivity contribution in [1.82, 2.24) is 5.06 Å². The molecule has 3 rings (SSSR count). The molecule has 2 nitrogen and oxygen atoms in total. The number of hydroxylamine groups is 2. The Bertz CT molecular complexity index is 521. The van der Waals surface area contributed by atoms with E-state index in [1.807, 2.05) is 0 Å². The Balaban J connectivity index is 1.94. The molecule has 2 fully saturated rings. The van der Waals surface area contributed by atoms with Crippen LogP contribution in [0.4, 0.5) is 0 Å². The van der Waals surface area contributed by atoms with Gasteiger partial charge in [0, 0.05) is 19.0 Å². The summed E-state index contributed by atoms with van der Waals surface area (Å²) in [6.07, 6.45) is 2.45. The van der Waals surface area contributed by atoms with Crippen LogP contribution in [0.25, 0.3) is 0 Å². The van der Waals surface area contributed by atoms with Gasteiger partial charge in [0.1, 0.15) is 0 Å². The number of fused-ring (bicyclic) bond motifs is 1. The quantitative estimate of drug-likeness (QED) is 0.762. The predicted molar refractivity (Wildman–Crippen MR) is 87.1 cm³/mol. The lowest BCUT2D eigenvalue weighted by Gasteiger charge is -2.46. The molecule has 0 radical (unpaired) electrons. The van der Waals surface area contributed by atoms with Crippen molar-refractivity contribution in [2.45, 2.75) is 64.5 Å². The molecule has 0 aromatic heterocycles. The fraction of sp³-hybridized carbons (Fsp3) is 0.684. The zero-order valence-corrected chi connectivity index (χ0v) is 14.3. The summed E-state index contributed by atoms with van der Waals surface area (Å²) in [7, 11) is 2.11. The summed E-state index contributed by atoms with van der Waals surface area (Å²) >= 11 is 0. The summed E-state index contributed by atoms with van der Waals surface area (Å²) < 4.78 is 0. The summed E-state index contributed by atoms with van der Waals surface area (Å²) in [5.74, 6) is 1.25. The maximum absolute atomic E-state index is 6.15. The first kappa shape index (κ1) is 15.1. The van der Waals surface area contributed by atoms with Gasteiger partial charge >= 0.3 is 0 Å². The lowest BCUT2D eigenvalue weighted by Crippen LogP contribution is -2.48. The number of hydrogen-bond donors (Lipinski definition) is 0. The van der Waals surface area contributed by atoms with Crippen LogP contribution in [-0.4, -0.2) is 23.8 Å². The van der Waals surface area contributed by atoms with E-state index in [2.05, 4.69) is 71.0 Å². The van der Waals surface area contributed by atoms with E-state index in [1.54, 1.807) is 0 Å². The van der Waals surface area contributed by atoms with Crippen LogP contribution in [0.1, 0.15) is 51.7 Å². The number of nitrogens with zero attached hydrogens (tertiary/aromatic N) is 1. The normalized spacial score (nSPS) is 39.2. The highest BCUT2D eigenvalue weighted by Gasteiger charge is 2.55. The van der Waals surface area contributed by atoms with Gasteiger partial charge < -0.3 is 0 Å². The Morgan fingerprint density at radius 3 is 2.33 bits per heavy atom. The summed E-state index contributed by atoms with van der Waals surface area (Å²) in [4.78, 5) is 6.15. The molecule has 1 aliphatic carbocycles. The first-order valence-electron chi connectivity index (χ1n) is 8.22. The van der Waals surface area contributed by atoms with Gasteiger partial charge in [-0.2, -0.15) is 5.06 Å². The molecular formula is C19H29NO. The second-order valence-electron chi connectivity index (χ2n) is 8.15. The predicted octanol–water partition coefficient (Wildman–Crippen LogP) is 4.32. The zero-order chi connectivity index (χ0) is 15.4. The standard InChI is InChI=1S/C19H29NO/c1-13-7-9-15(10-8-13)19(5)11-14(2)17-16(12-19)18(3,4)21-20(17)6/h7-10,14,16-17H,11-12H2,1-6H3. The molecular weight excluding hydrogens is 258 g/mol. The lowest BCUT2D eigenvalue weighted by atomic mass is 9.59. The van der Waals surface area contributed by atoms with E-state index in [4.69, 9.17) is 4.84 Å². The highest BCUT2D eigenvalue weighted by Crippen LogP contribution is 2.53. The molecule has 1 heterocycles. The molecule has 2 aliphatic rings. The van der Waals surface area contributed by atoms with Crippen molar-refractivity contribution in [1.29, 1.82) is 0 Å². The Morgan fingerprint density at radius 1 is 1.10 bits per heavy atom. The van der Waals surface area contributed by atoms with Crippen LogP contribution in [0, 0.1) is 18.8 Å². The summed E-state index contributed by atoms with van der Waals surface area (Å²) in [5.41, 5.74) is 3.04. The third kappa shape index (κ3) is 2.43. The molecule has 0 N–H and O–H groups in total. The van der Waals surface area contributed by atoms with Crippen molar-refractivity contribution in [2.24, 2.45) is 11.8 Å². The summed E-state index contributed by atoms with van der Waals surface area (Å²) in [6.45, 7) is 11.5. The zero-order valence-electron chi connectivity index (χ0n) is 14.3. The fourth-order valence-corrected chi connectivity index (χ4v) is 4.88. The van der Waals surface area contributed by atoms with Crippen molar-refractivity contribution in [2.75, 3.05) is 7.05 Å². The van der Waals surface area contributed by atoms with E-state index >= 15 is 0 Å². The Morgan fingerprint density at radius 2 is 1.71 bits per heavy atom. The smallest absolute Gasteiger partial charge is 0.0887 e. The third-order valence-electron chi connectivity index (χ3n) is 5.88. The van der Waals surface area contributed by atoms with Crippen LogP contribution in [0.5, 0.6) is 0 Å². The molecule has 1 aromatic carbocycles. The number of hydrogen-bond acceptors (Lipinski definition) is 2. The molecule has 1 aliphatic heterocycles. The molecule has 0 bridgehead atoms. The van der Waals surface area contributed by atoms with E-state index in [0.29, 0.717) is 17.9 Å². The van der Waals surface area contributed by atoms with Crippen LogP contribution in [-0.2, 0) is 10.3 Å². The van der Waals surface area contributed by atoms with E-state index in [9.17, 15) is 0 Å². The first-order chi connectivity index (χ1) is 9.73. The van der Waals surface area contributed by atoms with Gasteiger partial charge in [0.2, 0.25) is 0 Å². The molecule has 2 heteroatoms. The average Bonchev–Trinajstić information content (AvgIpc) is 2.59. The summed E-state index contributed by atoms with van der Waals surface area (Å²) in [6, 6.07) is 9.71. The molecule has 0 spiro atoms. The number of rotatable bonds is 1. The second-order valence-corrected chi connectivity index (χ2v) is 8.15. The lowest BCUT2D eigenvalue weighted by molar-refractivity contribution is -0.182. The van der Waals surface area contributed by atoms with Crippen molar-refractivity contribution in [3.05, 3.63) is 35.4 Å². The summed E-state index contributed by atoms with van der Waals surface area (Å²) in [5, 5.41) is 2.13. The van der Waals surface area contributed by atoms with Gasteiger partial charge in [0.15, 0.2) is 0 Å². The minimum Gasteiger partial charge on any atom is -0.293 e. The van der Waals surface area contributed by atoms with Crippen LogP contribution < -0.4 is 0 Å². The van der Waals surface area contributed by atoms with Gasteiger partial charge in [-0.05, 0) is 50.5 Å². The molecule has 0 amide bonds. The topological polar surface area (TPSA) is 12.5 Å². The fourth-order valence-electron chi connectivity index (χ4n) is 4.88. The van der Waals surface area contributed by atoms with Gasteiger partial charge in [-0.1, -0.05) is 43.7 Å². The van der Waals surface area contributed by atoms with Gasteiger partial charge in [0.25, 0.3) is 0 Å². The molecule has 4 unspecified atom stereocenters. The largest absolute Gasteiger partial charge is 0.293 e. The van der Waals surface area contributed by atoms with Crippen molar-refractivity contribution in [3.8, 4) is 0 Å². The van der Waals surface area contributed by atoms with Crippen LogP contribution in [0.2, 0.25) is 0 Å². The highest BCUT2D eigenvalue weighted by molar-refractivity contribution is 5.30. The highest BCUT2D eigenvalue weighted by atomic mass is 16.7. The minimum atomic E-state index is -0.0555. The van der Waals surface area contributed by atoms with E-state index in [0.717, 1.165) is 0 Å². The second kappa shape index (κ2) is 4.82. The van der Waals surface area contributed by atoms with E-state index in [-0.39, 0.29) is 11.0 Å².